The van der Waals surface area contributed by atoms with Crippen LogP contribution < -0.4 is 5.73 Å². The highest BCUT2D eigenvalue weighted by atomic mass is 16.3. The largest absolute Gasteiger partial charge is 0.388 e. The third-order valence-corrected chi connectivity index (χ3v) is 6.76. The van der Waals surface area contributed by atoms with Crippen LogP contribution in [-0.2, 0) is 4.79 Å². The van der Waals surface area contributed by atoms with Gasteiger partial charge in [0.1, 0.15) is 0 Å². The fourth-order valence-electron chi connectivity index (χ4n) is 4.51. The maximum atomic E-state index is 12.8. The molecule has 0 aliphatic heterocycles. The minimum atomic E-state index is -0.957. The predicted molar refractivity (Wildman–Crippen MR) is 134 cm³/mol. The Morgan fingerprint density at radius 2 is 0.853 bits per heavy atom. The van der Waals surface area contributed by atoms with Crippen molar-refractivity contribution in [1.82, 2.24) is 0 Å². The van der Waals surface area contributed by atoms with Crippen LogP contribution in [0.1, 0.15) is 73.5 Å². The summed E-state index contributed by atoms with van der Waals surface area (Å²) in [5.41, 5.74) is 7.37. The van der Waals surface area contributed by atoms with Crippen molar-refractivity contribution < 1.29 is 20.1 Å². The van der Waals surface area contributed by atoms with E-state index in [-0.39, 0.29) is 0 Å². The molecule has 1 amide bonds. The molecule has 0 saturated carbocycles. The van der Waals surface area contributed by atoms with E-state index >= 15 is 0 Å². The van der Waals surface area contributed by atoms with Crippen molar-refractivity contribution in [2.45, 2.75) is 56.8 Å². The predicted octanol–water partition coefficient (Wildman–Crippen LogP) is 5.00. The van der Waals surface area contributed by atoms with Gasteiger partial charge < -0.3 is 21.1 Å². The Morgan fingerprint density at radius 1 is 0.588 bits per heavy atom. The SMILES string of the molecule is NC(=O)C(CCC(O)c1ccccc1)(CCC(O)c1ccccc1)CCC(O)c1ccccc1. The van der Waals surface area contributed by atoms with Crippen molar-refractivity contribution in [2.24, 2.45) is 11.1 Å². The van der Waals surface area contributed by atoms with Crippen LogP contribution in [0.4, 0.5) is 0 Å². The maximum Gasteiger partial charge on any atom is 0.223 e. The molecule has 0 heterocycles. The van der Waals surface area contributed by atoms with E-state index in [0.717, 1.165) is 16.7 Å². The van der Waals surface area contributed by atoms with Gasteiger partial charge in [0.25, 0.3) is 0 Å². The molecule has 0 saturated heterocycles. The number of aliphatic hydroxyl groups is 3. The van der Waals surface area contributed by atoms with Gasteiger partial charge in [-0.2, -0.15) is 0 Å². The van der Waals surface area contributed by atoms with Gasteiger partial charge in [-0.1, -0.05) is 91.0 Å². The zero-order valence-electron chi connectivity index (χ0n) is 19.5. The Balaban J connectivity index is 1.75. The van der Waals surface area contributed by atoms with E-state index in [9.17, 15) is 20.1 Å². The number of carbonyl (C=O) groups is 1. The van der Waals surface area contributed by atoms with Crippen molar-refractivity contribution in [3.63, 3.8) is 0 Å². The van der Waals surface area contributed by atoms with Crippen molar-refractivity contribution in [1.29, 1.82) is 0 Å². The van der Waals surface area contributed by atoms with Crippen LogP contribution in [0.3, 0.4) is 0 Å². The Bertz CT molecular complexity index is 874. The van der Waals surface area contributed by atoms with Crippen LogP contribution in [0, 0.1) is 5.41 Å². The molecule has 0 bridgehead atoms. The first-order chi connectivity index (χ1) is 16.4. The summed E-state index contributed by atoms with van der Waals surface area (Å²) in [4.78, 5) is 12.8. The van der Waals surface area contributed by atoms with Crippen molar-refractivity contribution in [3.8, 4) is 0 Å². The number of hydrogen-bond acceptors (Lipinski definition) is 4. The normalized spacial score (nSPS) is 15.7. The molecule has 0 radical (unpaired) electrons. The number of carbonyl (C=O) groups excluding carboxylic acids is 1. The van der Waals surface area contributed by atoms with Crippen molar-refractivity contribution >= 4 is 5.91 Å². The monoisotopic (exact) mass is 461 g/mol. The minimum Gasteiger partial charge on any atom is -0.388 e. The van der Waals surface area contributed by atoms with Crippen LogP contribution in [0.2, 0.25) is 0 Å². The molecular weight excluding hydrogens is 426 g/mol. The molecule has 0 fully saturated rings. The lowest BCUT2D eigenvalue weighted by molar-refractivity contribution is -0.130. The second-order valence-corrected chi connectivity index (χ2v) is 9.04. The number of benzene rings is 3. The average Bonchev–Trinajstić information content (AvgIpc) is 2.89. The molecule has 5 heteroatoms. The Hall–Kier alpha value is -2.99. The average molecular weight is 462 g/mol. The summed E-state index contributed by atoms with van der Waals surface area (Å²) in [6.45, 7) is 0. The quantitative estimate of drug-likeness (QED) is 0.288. The van der Waals surface area contributed by atoms with Gasteiger partial charge in [0, 0.05) is 5.41 Å². The fourth-order valence-corrected chi connectivity index (χ4v) is 4.51. The van der Waals surface area contributed by atoms with E-state index in [0.29, 0.717) is 38.5 Å². The Labute approximate surface area is 201 Å². The van der Waals surface area contributed by atoms with E-state index in [1.165, 1.54) is 0 Å². The van der Waals surface area contributed by atoms with Gasteiger partial charge in [-0.25, -0.2) is 0 Å². The van der Waals surface area contributed by atoms with Crippen LogP contribution >= 0.6 is 0 Å². The van der Waals surface area contributed by atoms with Gasteiger partial charge in [0.2, 0.25) is 5.91 Å². The molecular formula is C29H35NO4. The number of rotatable bonds is 13. The van der Waals surface area contributed by atoms with Gasteiger partial charge in [-0.05, 0) is 55.2 Å². The van der Waals surface area contributed by atoms with Crippen LogP contribution in [0.25, 0.3) is 0 Å². The molecule has 0 aliphatic rings. The highest BCUT2D eigenvalue weighted by Crippen LogP contribution is 2.41. The molecule has 3 rings (SSSR count). The molecule has 0 aromatic heterocycles. The molecule has 5 N–H and O–H groups in total. The molecule has 180 valence electrons. The molecule has 3 aromatic carbocycles. The van der Waals surface area contributed by atoms with Crippen LogP contribution in [0.15, 0.2) is 91.0 Å². The Kier molecular flexibility index (Phi) is 9.40. The van der Waals surface area contributed by atoms with Gasteiger partial charge in [-0.3, -0.25) is 4.79 Å². The highest BCUT2D eigenvalue weighted by Gasteiger charge is 2.37. The van der Waals surface area contributed by atoms with Gasteiger partial charge >= 0.3 is 0 Å². The first-order valence-electron chi connectivity index (χ1n) is 11.9. The smallest absolute Gasteiger partial charge is 0.223 e. The number of nitrogens with two attached hydrogens (primary N) is 1. The first-order valence-corrected chi connectivity index (χ1v) is 11.9. The summed E-state index contributed by atoms with van der Waals surface area (Å²) in [7, 11) is 0. The maximum absolute atomic E-state index is 12.8. The standard InChI is InChI=1S/C29H35NO4/c30-28(34)29(19-16-25(31)22-10-4-1-5-11-22,20-17-26(32)23-12-6-2-7-13-23)21-18-27(33)24-14-8-3-9-15-24/h1-15,25-27,31-33H,16-21H2,(H2,30,34). The number of amides is 1. The van der Waals surface area contributed by atoms with E-state index in [1.807, 2.05) is 91.0 Å². The highest BCUT2D eigenvalue weighted by molar-refractivity contribution is 5.80. The van der Waals surface area contributed by atoms with Crippen molar-refractivity contribution in [3.05, 3.63) is 108 Å². The topological polar surface area (TPSA) is 104 Å². The third-order valence-electron chi connectivity index (χ3n) is 6.76. The summed E-state index contributed by atoms with van der Waals surface area (Å²) in [6.07, 6.45) is -0.0137. The number of hydrogen-bond donors (Lipinski definition) is 4. The Morgan fingerprint density at radius 3 is 1.09 bits per heavy atom. The van der Waals surface area contributed by atoms with Crippen molar-refractivity contribution in [2.75, 3.05) is 0 Å². The molecule has 5 nitrogen and oxygen atoms in total. The van der Waals surface area contributed by atoms with E-state index in [2.05, 4.69) is 0 Å². The molecule has 34 heavy (non-hydrogen) atoms. The van der Waals surface area contributed by atoms with E-state index in [1.54, 1.807) is 0 Å². The summed E-state index contributed by atoms with van der Waals surface area (Å²) < 4.78 is 0. The van der Waals surface area contributed by atoms with Crippen LogP contribution in [-0.4, -0.2) is 21.2 Å². The van der Waals surface area contributed by atoms with Gasteiger partial charge in [0.15, 0.2) is 0 Å². The van der Waals surface area contributed by atoms with E-state index < -0.39 is 29.6 Å². The fraction of sp³-hybridized carbons (Fsp3) is 0.345. The molecule has 3 atom stereocenters. The lowest BCUT2D eigenvalue weighted by Gasteiger charge is -2.33. The van der Waals surface area contributed by atoms with Gasteiger partial charge in [-0.15, -0.1) is 0 Å². The second kappa shape index (κ2) is 12.5. The first kappa shape index (κ1) is 25.6. The van der Waals surface area contributed by atoms with E-state index in [4.69, 9.17) is 5.73 Å². The zero-order valence-corrected chi connectivity index (χ0v) is 19.5. The minimum absolute atomic E-state index is 0.357. The summed E-state index contributed by atoms with van der Waals surface area (Å²) in [6, 6.07) is 28.0. The molecule has 3 unspecified atom stereocenters. The van der Waals surface area contributed by atoms with Gasteiger partial charge in [0.05, 0.1) is 18.3 Å². The third kappa shape index (κ3) is 7.00. The molecule has 0 aliphatic carbocycles. The summed E-state index contributed by atoms with van der Waals surface area (Å²) in [5.74, 6) is -0.465. The second-order valence-electron chi connectivity index (χ2n) is 9.04. The lowest BCUT2D eigenvalue weighted by Crippen LogP contribution is -2.38. The zero-order chi connectivity index (χ0) is 24.4. The lowest BCUT2D eigenvalue weighted by atomic mass is 9.72. The van der Waals surface area contributed by atoms with Crippen LogP contribution in [0.5, 0.6) is 0 Å². The number of primary amides is 1. The summed E-state index contributed by atoms with van der Waals surface area (Å²) >= 11 is 0. The number of aliphatic hydroxyl groups excluding tert-OH is 3. The molecule has 0 spiro atoms. The summed E-state index contributed by atoms with van der Waals surface area (Å²) in [5, 5.41) is 32.2. The molecule has 3 aromatic rings.